The first kappa shape index (κ1) is 10.4. The average Bonchev–Trinajstić information content (AvgIpc) is 2.29. The van der Waals surface area contributed by atoms with E-state index in [4.69, 9.17) is 16.2 Å². The lowest BCUT2D eigenvalue weighted by atomic mass is 10.0. The van der Waals surface area contributed by atoms with Gasteiger partial charge in [-0.15, -0.1) is 0 Å². The summed E-state index contributed by atoms with van der Waals surface area (Å²) >= 11 is 0. The van der Waals surface area contributed by atoms with E-state index in [9.17, 15) is 0 Å². The Morgan fingerprint density at radius 2 is 1.69 bits per heavy atom. The van der Waals surface area contributed by atoms with Crippen LogP contribution in [0, 0.1) is 0 Å². The molecule has 4 N–H and O–H groups in total. The third-order valence-corrected chi connectivity index (χ3v) is 2.47. The molecule has 0 radical (unpaired) electrons. The first-order valence-corrected chi connectivity index (χ1v) is 5.01. The van der Waals surface area contributed by atoms with Gasteiger partial charge in [0, 0.05) is 22.5 Å². The van der Waals surface area contributed by atoms with Gasteiger partial charge in [-0.2, -0.15) is 0 Å². The highest BCUT2D eigenvalue weighted by atomic mass is 16.5. The average molecular weight is 214 g/mol. The summed E-state index contributed by atoms with van der Waals surface area (Å²) < 4.78 is 5.30. The van der Waals surface area contributed by atoms with Gasteiger partial charge < -0.3 is 16.2 Å². The maximum atomic E-state index is 5.94. The van der Waals surface area contributed by atoms with Crippen molar-refractivity contribution < 1.29 is 4.74 Å². The van der Waals surface area contributed by atoms with Gasteiger partial charge in [0.05, 0.1) is 7.11 Å². The molecule has 0 aliphatic heterocycles. The first-order chi connectivity index (χ1) is 7.72. The summed E-state index contributed by atoms with van der Waals surface area (Å²) in [5, 5.41) is 0. The number of rotatable bonds is 2. The predicted octanol–water partition coefficient (Wildman–Crippen LogP) is 2.53. The molecular weight excluding hydrogens is 200 g/mol. The van der Waals surface area contributed by atoms with Crippen LogP contribution in [0.25, 0.3) is 11.1 Å². The summed E-state index contributed by atoms with van der Waals surface area (Å²) in [5.41, 5.74) is 14.8. The van der Waals surface area contributed by atoms with Gasteiger partial charge in [0.1, 0.15) is 5.75 Å². The number of nitrogen functional groups attached to an aromatic ring is 2. The van der Waals surface area contributed by atoms with E-state index in [1.165, 1.54) is 0 Å². The number of hydrogen-bond acceptors (Lipinski definition) is 3. The second-order valence-corrected chi connectivity index (χ2v) is 3.55. The van der Waals surface area contributed by atoms with E-state index in [1.807, 2.05) is 36.4 Å². The number of ether oxygens (including phenoxy) is 1. The van der Waals surface area contributed by atoms with Crippen molar-refractivity contribution in [2.75, 3.05) is 18.6 Å². The smallest absolute Gasteiger partial charge is 0.126 e. The molecule has 0 spiro atoms. The molecule has 82 valence electrons. The van der Waals surface area contributed by atoms with Crippen molar-refractivity contribution in [3.63, 3.8) is 0 Å². The quantitative estimate of drug-likeness (QED) is 0.755. The summed E-state index contributed by atoms with van der Waals surface area (Å²) in [6.45, 7) is 0. The van der Waals surface area contributed by atoms with Gasteiger partial charge in [-0.3, -0.25) is 0 Å². The molecule has 2 aromatic carbocycles. The molecule has 0 amide bonds. The lowest BCUT2D eigenvalue weighted by molar-refractivity contribution is 0.416. The van der Waals surface area contributed by atoms with Crippen LogP contribution in [-0.2, 0) is 0 Å². The second-order valence-electron chi connectivity index (χ2n) is 3.55. The number of hydrogen-bond donors (Lipinski definition) is 2. The SMILES string of the molecule is COc1ccccc1-c1ccc(N)cc1N. The third kappa shape index (κ3) is 1.80. The van der Waals surface area contributed by atoms with Crippen LogP contribution in [0.5, 0.6) is 5.75 Å². The minimum atomic E-state index is 0.657. The maximum Gasteiger partial charge on any atom is 0.126 e. The molecule has 2 rings (SSSR count). The van der Waals surface area contributed by atoms with Crippen LogP contribution in [-0.4, -0.2) is 7.11 Å². The molecule has 0 atom stereocenters. The molecule has 0 heterocycles. The van der Waals surface area contributed by atoms with Crippen molar-refractivity contribution in [1.29, 1.82) is 0 Å². The fraction of sp³-hybridized carbons (Fsp3) is 0.0769. The van der Waals surface area contributed by atoms with Gasteiger partial charge in [-0.1, -0.05) is 24.3 Å². The molecule has 2 aromatic rings. The number of benzene rings is 2. The van der Waals surface area contributed by atoms with Crippen molar-refractivity contribution in [3.05, 3.63) is 42.5 Å². The molecule has 0 unspecified atom stereocenters. The van der Waals surface area contributed by atoms with E-state index in [-0.39, 0.29) is 0 Å². The van der Waals surface area contributed by atoms with Crippen molar-refractivity contribution in [2.24, 2.45) is 0 Å². The van der Waals surface area contributed by atoms with E-state index >= 15 is 0 Å². The Labute approximate surface area is 94.6 Å². The Morgan fingerprint density at radius 1 is 0.938 bits per heavy atom. The van der Waals surface area contributed by atoms with Gasteiger partial charge in [-0.05, 0) is 18.2 Å². The van der Waals surface area contributed by atoms with Gasteiger partial charge in [0.2, 0.25) is 0 Å². The van der Waals surface area contributed by atoms with Gasteiger partial charge in [0.25, 0.3) is 0 Å². The summed E-state index contributed by atoms with van der Waals surface area (Å²) in [7, 11) is 1.65. The lowest BCUT2D eigenvalue weighted by Crippen LogP contribution is -1.94. The Hall–Kier alpha value is -2.16. The molecule has 0 fully saturated rings. The minimum Gasteiger partial charge on any atom is -0.496 e. The van der Waals surface area contributed by atoms with E-state index < -0.39 is 0 Å². The van der Waals surface area contributed by atoms with Crippen LogP contribution >= 0.6 is 0 Å². The summed E-state index contributed by atoms with van der Waals surface area (Å²) in [6, 6.07) is 13.2. The topological polar surface area (TPSA) is 61.3 Å². The van der Waals surface area contributed by atoms with Gasteiger partial charge in [-0.25, -0.2) is 0 Å². The predicted molar refractivity (Wildman–Crippen MR) is 67.3 cm³/mol. The molecule has 0 saturated heterocycles. The van der Waals surface area contributed by atoms with Crippen LogP contribution in [0.2, 0.25) is 0 Å². The summed E-state index contributed by atoms with van der Waals surface area (Å²) in [4.78, 5) is 0. The van der Waals surface area contributed by atoms with Crippen molar-refractivity contribution in [1.82, 2.24) is 0 Å². The second kappa shape index (κ2) is 4.14. The number of para-hydroxylation sites is 1. The van der Waals surface area contributed by atoms with Gasteiger partial charge >= 0.3 is 0 Å². The normalized spacial score (nSPS) is 10.1. The fourth-order valence-electron chi connectivity index (χ4n) is 1.69. The van der Waals surface area contributed by atoms with Gasteiger partial charge in [0.15, 0.2) is 0 Å². The first-order valence-electron chi connectivity index (χ1n) is 5.01. The standard InChI is InChI=1S/C13H14N2O/c1-16-13-5-3-2-4-11(13)10-7-6-9(14)8-12(10)15/h2-8H,14-15H2,1H3. The van der Waals surface area contributed by atoms with E-state index in [1.54, 1.807) is 13.2 Å². The van der Waals surface area contributed by atoms with Crippen LogP contribution in [0.4, 0.5) is 11.4 Å². The Balaban J connectivity index is 2.58. The van der Waals surface area contributed by atoms with Crippen LogP contribution in [0.3, 0.4) is 0 Å². The van der Waals surface area contributed by atoms with Crippen LogP contribution in [0.1, 0.15) is 0 Å². The largest absolute Gasteiger partial charge is 0.496 e. The molecule has 0 aliphatic carbocycles. The summed E-state index contributed by atoms with van der Waals surface area (Å²) in [5.74, 6) is 0.805. The molecule has 0 aromatic heterocycles. The van der Waals surface area contributed by atoms with Crippen molar-refractivity contribution in [3.8, 4) is 16.9 Å². The highest BCUT2D eigenvalue weighted by Gasteiger charge is 2.07. The third-order valence-electron chi connectivity index (χ3n) is 2.47. The highest BCUT2D eigenvalue weighted by molar-refractivity contribution is 5.82. The van der Waals surface area contributed by atoms with Crippen LogP contribution < -0.4 is 16.2 Å². The van der Waals surface area contributed by atoms with E-state index in [0.717, 1.165) is 16.9 Å². The van der Waals surface area contributed by atoms with Crippen LogP contribution in [0.15, 0.2) is 42.5 Å². The zero-order valence-corrected chi connectivity index (χ0v) is 9.10. The Bertz CT molecular complexity index is 509. The molecule has 16 heavy (non-hydrogen) atoms. The van der Waals surface area contributed by atoms with Crippen molar-refractivity contribution >= 4 is 11.4 Å². The Morgan fingerprint density at radius 3 is 2.38 bits per heavy atom. The molecule has 0 aliphatic rings. The minimum absolute atomic E-state index is 0.657. The number of methoxy groups -OCH3 is 1. The molecule has 3 nitrogen and oxygen atoms in total. The van der Waals surface area contributed by atoms with Crippen molar-refractivity contribution in [2.45, 2.75) is 0 Å². The lowest BCUT2D eigenvalue weighted by Gasteiger charge is -2.10. The van der Waals surface area contributed by atoms with E-state index in [0.29, 0.717) is 11.4 Å². The summed E-state index contributed by atoms with van der Waals surface area (Å²) in [6.07, 6.45) is 0. The molecule has 3 heteroatoms. The molecular formula is C13H14N2O. The Kier molecular flexibility index (Phi) is 2.68. The highest BCUT2D eigenvalue weighted by Crippen LogP contribution is 2.34. The zero-order chi connectivity index (χ0) is 11.5. The molecule has 0 bridgehead atoms. The molecule has 0 saturated carbocycles. The maximum absolute atomic E-state index is 5.94. The fourth-order valence-corrected chi connectivity index (χ4v) is 1.69. The zero-order valence-electron chi connectivity index (χ0n) is 9.10. The number of anilines is 2. The monoisotopic (exact) mass is 214 g/mol. The number of nitrogens with two attached hydrogens (primary N) is 2. The van der Waals surface area contributed by atoms with E-state index in [2.05, 4.69) is 0 Å².